The molecule has 3 aliphatic heterocycles. The molecule has 342 valence electrons. The minimum atomic E-state index is -0.646. The molecule has 5 aromatic carbocycles. The van der Waals surface area contributed by atoms with Crippen LogP contribution in [0, 0.1) is 29.9 Å². The van der Waals surface area contributed by atoms with Gasteiger partial charge in [0.25, 0.3) is 11.8 Å². The highest BCUT2D eigenvalue weighted by Gasteiger charge is 2.35. The molecule has 67 heavy (non-hydrogen) atoms. The molecule has 0 aliphatic carbocycles. The number of anilines is 1. The quantitative estimate of drug-likeness (QED) is 0.139. The topological polar surface area (TPSA) is 120 Å². The van der Waals surface area contributed by atoms with Crippen molar-refractivity contribution in [2.24, 2.45) is 7.05 Å². The first-order valence-corrected chi connectivity index (χ1v) is 22.8. The van der Waals surface area contributed by atoms with Crippen LogP contribution in [-0.2, 0) is 48.9 Å². The number of fused-ring (bicyclic) bond motifs is 2. The predicted octanol–water partition coefficient (Wildman–Crippen LogP) is 8.50. The van der Waals surface area contributed by atoms with Gasteiger partial charge in [-0.3, -0.25) is 19.3 Å². The third kappa shape index (κ3) is 9.46. The van der Waals surface area contributed by atoms with Crippen molar-refractivity contribution in [1.29, 1.82) is 5.26 Å². The molecule has 3 amide bonds. The number of halogens is 2. The van der Waals surface area contributed by atoms with Crippen LogP contribution in [0.15, 0.2) is 103 Å². The molecule has 0 radical (unpaired) electrons. The van der Waals surface area contributed by atoms with Crippen LogP contribution in [0.3, 0.4) is 0 Å². The van der Waals surface area contributed by atoms with E-state index in [1.165, 1.54) is 17.7 Å². The van der Waals surface area contributed by atoms with E-state index in [4.69, 9.17) is 9.47 Å². The summed E-state index contributed by atoms with van der Waals surface area (Å²) in [5, 5.41) is 13.0. The molecule has 4 heterocycles. The van der Waals surface area contributed by atoms with E-state index in [0.717, 1.165) is 35.8 Å². The van der Waals surface area contributed by atoms with Gasteiger partial charge in [0.1, 0.15) is 24.0 Å². The Morgan fingerprint density at radius 3 is 2.39 bits per heavy atom. The number of morpholine rings is 1. The molecule has 6 aromatic rings. The summed E-state index contributed by atoms with van der Waals surface area (Å²) in [4.78, 5) is 49.6. The lowest BCUT2D eigenvalue weighted by atomic mass is 9.87. The fourth-order valence-corrected chi connectivity index (χ4v) is 9.64. The lowest BCUT2D eigenvalue weighted by molar-refractivity contribution is -0.131. The van der Waals surface area contributed by atoms with Gasteiger partial charge in [-0.1, -0.05) is 48.5 Å². The third-order valence-electron chi connectivity index (χ3n) is 13.4. The van der Waals surface area contributed by atoms with Crippen molar-refractivity contribution >= 4 is 23.4 Å². The second-order valence-corrected chi connectivity index (χ2v) is 17.6. The van der Waals surface area contributed by atoms with Crippen LogP contribution in [0.5, 0.6) is 5.75 Å². The maximum Gasteiger partial charge on any atom is 0.258 e. The summed E-state index contributed by atoms with van der Waals surface area (Å²) in [5.74, 6) is -1.70. The normalized spacial score (nSPS) is 15.9. The van der Waals surface area contributed by atoms with Crippen LogP contribution in [0.25, 0.3) is 22.4 Å². The van der Waals surface area contributed by atoms with Crippen molar-refractivity contribution in [2.45, 2.75) is 52.2 Å². The van der Waals surface area contributed by atoms with Crippen LogP contribution in [0.4, 0.5) is 14.5 Å². The van der Waals surface area contributed by atoms with Crippen LogP contribution in [0.1, 0.15) is 66.7 Å². The second-order valence-electron chi connectivity index (χ2n) is 17.6. The molecule has 0 bridgehead atoms. The van der Waals surface area contributed by atoms with Gasteiger partial charge in [-0.15, -0.1) is 0 Å². The summed E-state index contributed by atoms with van der Waals surface area (Å²) in [7, 11) is 1.81. The molecule has 0 unspecified atom stereocenters. The number of nitrogens with zero attached hydrogens (tertiary/aromatic N) is 5. The zero-order chi connectivity index (χ0) is 46.8. The molecule has 3 aliphatic rings. The van der Waals surface area contributed by atoms with Crippen molar-refractivity contribution in [3.05, 3.63) is 165 Å². The van der Waals surface area contributed by atoms with Crippen molar-refractivity contribution in [1.82, 2.24) is 19.3 Å². The van der Waals surface area contributed by atoms with Gasteiger partial charge >= 0.3 is 0 Å². The maximum absolute atomic E-state index is 15.5. The maximum atomic E-state index is 15.5. The first-order valence-electron chi connectivity index (χ1n) is 22.8. The molecule has 0 saturated carbocycles. The van der Waals surface area contributed by atoms with E-state index in [9.17, 15) is 14.9 Å². The van der Waals surface area contributed by atoms with Gasteiger partial charge in [0.05, 0.1) is 42.5 Å². The largest absolute Gasteiger partial charge is 0.492 e. The summed E-state index contributed by atoms with van der Waals surface area (Å²) in [6, 6.07) is 31.4. The second kappa shape index (κ2) is 19.4. The molecule has 1 atom stereocenters. The van der Waals surface area contributed by atoms with E-state index >= 15 is 13.6 Å². The van der Waals surface area contributed by atoms with Gasteiger partial charge in [0, 0.05) is 86.5 Å². The van der Waals surface area contributed by atoms with Gasteiger partial charge in [-0.2, -0.15) is 5.26 Å². The number of rotatable bonds is 11. The average molecular weight is 903 g/mol. The van der Waals surface area contributed by atoms with E-state index in [1.54, 1.807) is 42.2 Å². The fraction of sp³-hybridized carbons (Fsp3) is 0.296. The Kier molecular flexibility index (Phi) is 13.0. The summed E-state index contributed by atoms with van der Waals surface area (Å²) >= 11 is 0. The van der Waals surface area contributed by atoms with Gasteiger partial charge < -0.3 is 29.2 Å². The standard InChI is InChI=1S/C54H52F2N6O5/c1-34-23-37-9-7-8-10-40(37)33-62(34)54(65)47-28-42-32-61(49(63)29-39-13-14-45(30-48(39)56)67-22-19-60-17-20-66-21-18-60)16-15-38(42)27-46(47)52-51(41-24-36(31-57)25-43(55)26-41)50(35(2)59(52)3)53(64)58-44-11-5-4-6-12-44/h4-14,24-28,30,34H,15-23,29,32-33H2,1-3H3,(H,58,64)/t34-/m1/s1. The Morgan fingerprint density at radius 1 is 0.866 bits per heavy atom. The van der Waals surface area contributed by atoms with E-state index in [2.05, 4.69) is 22.4 Å². The Morgan fingerprint density at radius 2 is 1.63 bits per heavy atom. The molecule has 1 saturated heterocycles. The number of nitriles is 1. The predicted molar refractivity (Wildman–Crippen MR) is 252 cm³/mol. The molecule has 0 spiro atoms. The van der Waals surface area contributed by atoms with E-state index < -0.39 is 17.5 Å². The molecule has 9 rings (SSSR count). The third-order valence-corrected chi connectivity index (χ3v) is 13.4. The number of hydrogen-bond acceptors (Lipinski definition) is 7. The minimum absolute atomic E-state index is 0.0767. The number of hydrogen-bond donors (Lipinski definition) is 1. The average Bonchev–Trinajstić information content (AvgIpc) is 3.60. The fourth-order valence-electron chi connectivity index (χ4n) is 9.64. The van der Waals surface area contributed by atoms with Gasteiger partial charge in [-0.25, -0.2) is 8.78 Å². The van der Waals surface area contributed by atoms with E-state index in [1.807, 2.05) is 72.0 Å². The lowest BCUT2D eigenvalue weighted by Gasteiger charge is -2.36. The molecule has 1 N–H and O–H groups in total. The highest BCUT2D eigenvalue weighted by atomic mass is 19.1. The van der Waals surface area contributed by atoms with Crippen LogP contribution >= 0.6 is 0 Å². The van der Waals surface area contributed by atoms with Gasteiger partial charge in [0.2, 0.25) is 5.91 Å². The summed E-state index contributed by atoms with van der Waals surface area (Å²) in [5.41, 5.74) is 7.69. The van der Waals surface area contributed by atoms with Crippen LogP contribution < -0.4 is 10.1 Å². The molecular weight excluding hydrogens is 851 g/mol. The first-order chi connectivity index (χ1) is 32.4. The van der Waals surface area contributed by atoms with Crippen LogP contribution in [-0.4, -0.2) is 89.0 Å². The first kappa shape index (κ1) is 45.0. The summed E-state index contributed by atoms with van der Waals surface area (Å²) in [6.07, 6.45) is 0.941. The summed E-state index contributed by atoms with van der Waals surface area (Å²) in [6.45, 7) is 8.88. The molecular formula is C54H52F2N6O5. The number of aromatic nitrogens is 1. The zero-order valence-electron chi connectivity index (χ0n) is 37.9. The van der Waals surface area contributed by atoms with Gasteiger partial charge in [0.15, 0.2) is 0 Å². The van der Waals surface area contributed by atoms with Gasteiger partial charge in [-0.05, 0) is 109 Å². The van der Waals surface area contributed by atoms with Crippen LogP contribution in [0.2, 0.25) is 0 Å². The SMILES string of the molecule is Cc1c(C(=O)Nc2ccccc2)c(-c2cc(F)cc(C#N)c2)c(-c2cc3c(cc2C(=O)N2Cc4ccccc4C[C@H]2C)CN(C(=O)Cc2ccc(OCCN4CCOCC4)cc2F)CC3)n1C. The Hall–Kier alpha value is -7.14. The highest BCUT2D eigenvalue weighted by Crippen LogP contribution is 2.43. The number of carbonyl (C=O) groups is 3. The van der Waals surface area contributed by atoms with Crippen molar-refractivity contribution < 1.29 is 32.6 Å². The monoisotopic (exact) mass is 902 g/mol. The molecule has 13 heteroatoms. The minimum Gasteiger partial charge on any atom is -0.492 e. The van der Waals surface area contributed by atoms with E-state index in [0.29, 0.717) is 97.4 Å². The Balaban J connectivity index is 1.09. The summed E-state index contributed by atoms with van der Waals surface area (Å²) < 4.78 is 44.1. The Bertz CT molecular complexity index is 2920. The number of ether oxygens (including phenoxy) is 2. The van der Waals surface area contributed by atoms with E-state index in [-0.39, 0.29) is 47.5 Å². The Labute approximate surface area is 389 Å². The molecule has 11 nitrogen and oxygen atoms in total. The number of carbonyl (C=O) groups excluding carboxylic acids is 3. The highest BCUT2D eigenvalue weighted by molar-refractivity contribution is 6.13. The number of benzene rings is 5. The van der Waals surface area contributed by atoms with Crippen molar-refractivity contribution in [3.8, 4) is 34.2 Å². The smallest absolute Gasteiger partial charge is 0.258 e. The zero-order valence-corrected chi connectivity index (χ0v) is 37.9. The molecule has 1 fully saturated rings. The number of para-hydroxylation sites is 1. The lowest BCUT2D eigenvalue weighted by Crippen LogP contribution is -2.43. The number of nitrogens with one attached hydrogen (secondary N) is 1. The van der Waals surface area contributed by atoms with Crippen molar-refractivity contribution in [3.63, 3.8) is 0 Å². The van der Waals surface area contributed by atoms with Crippen molar-refractivity contribution in [2.75, 3.05) is 51.3 Å². The molecule has 1 aromatic heterocycles. The number of amides is 3.